The second kappa shape index (κ2) is 10.3. The van der Waals surface area contributed by atoms with Crippen molar-refractivity contribution >= 4 is 18.0 Å². The van der Waals surface area contributed by atoms with Crippen molar-refractivity contribution in [3.8, 4) is 11.1 Å². The average Bonchev–Trinajstić information content (AvgIpc) is 3.09. The van der Waals surface area contributed by atoms with Crippen molar-refractivity contribution in [3.05, 3.63) is 59.7 Å². The number of hydrogen-bond donors (Lipinski definition) is 2. The van der Waals surface area contributed by atoms with Gasteiger partial charge in [0.15, 0.2) is 0 Å². The lowest BCUT2D eigenvalue weighted by atomic mass is 9.98. The van der Waals surface area contributed by atoms with Crippen molar-refractivity contribution in [1.82, 2.24) is 10.2 Å². The molecule has 3 rings (SSSR count). The zero-order valence-corrected chi connectivity index (χ0v) is 18.7. The highest BCUT2D eigenvalue weighted by atomic mass is 16.5. The standard InChI is InChI=1S/C25H30N2O5/c1-4-27(14-13-22(28)29)24(30)23(16(2)3)26-25(31)32-15-21-19-11-7-5-9-17(19)18-10-6-8-12-20(18)21/h5-12,16,21,23H,4,13-15H2,1-3H3,(H,26,31)(H,28,29)/t23-/m1/s1. The minimum absolute atomic E-state index is 0.0657. The average molecular weight is 439 g/mol. The molecular formula is C25H30N2O5. The molecule has 0 heterocycles. The maximum Gasteiger partial charge on any atom is 0.407 e. The summed E-state index contributed by atoms with van der Waals surface area (Å²) in [7, 11) is 0. The Hall–Kier alpha value is -3.35. The van der Waals surface area contributed by atoms with Gasteiger partial charge in [0.25, 0.3) is 0 Å². The normalized spacial score (nSPS) is 13.2. The van der Waals surface area contributed by atoms with Crippen molar-refractivity contribution < 1.29 is 24.2 Å². The molecule has 0 fully saturated rings. The van der Waals surface area contributed by atoms with Crippen molar-refractivity contribution in [3.63, 3.8) is 0 Å². The van der Waals surface area contributed by atoms with E-state index >= 15 is 0 Å². The van der Waals surface area contributed by atoms with E-state index in [1.807, 2.05) is 50.2 Å². The number of benzene rings is 2. The molecule has 0 radical (unpaired) electrons. The molecule has 0 bridgehead atoms. The van der Waals surface area contributed by atoms with Crippen LogP contribution in [0.15, 0.2) is 48.5 Å². The largest absolute Gasteiger partial charge is 0.481 e. The lowest BCUT2D eigenvalue weighted by Gasteiger charge is -2.28. The van der Waals surface area contributed by atoms with E-state index in [0.29, 0.717) is 6.54 Å². The first-order chi connectivity index (χ1) is 15.3. The van der Waals surface area contributed by atoms with Crippen LogP contribution >= 0.6 is 0 Å². The van der Waals surface area contributed by atoms with E-state index in [4.69, 9.17) is 9.84 Å². The van der Waals surface area contributed by atoms with Crippen LogP contribution in [0.5, 0.6) is 0 Å². The summed E-state index contributed by atoms with van der Waals surface area (Å²) in [5, 5.41) is 11.6. The number of ether oxygens (including phenoxy) is 1. The fourth-order valence-corrected chi connectivity index (χ4v) is 4.13. The van der Waals surface area contributed by atoms with Gasteiger partial charge in [-0.25, -0.2) is 4.79 Å². The summed E-state index contributed by atoms with van der Waals surface area (Å²) in [6.45, 7) is 6.07. The summed E-state index contributed by atoms with van der Waals surface area (Å²) in [6, 6.07) is 15.4. The Kier molecular flexibility index (Phi) is 7.51. The number of likely N-dealkylation sites (N-methyl/N-ethyl adjacent to an activating group) is 1. The van der Waals surface area contributed by atoms with Crippen LogP contribution in [-0.2, 0) is 14.3 Å². The summed E-state index contributed by atoms with van der Waals surface area (Å²) in [6.07, 6.45) is -0.803. The third-order valence-corrected chi connectivity index (χ3v) is 5.84. The van der Waals surface area contributed by atoms with Gasteiger partial charge in [0.2, 0.25) is 5.91 Å². The summed E-state index contributed by atoms with van der Waals surface area (Å²) in [5.74, 6) is -1.52. The second-order valence-corrected chi connectivity index (χ2v) is 8.25. The molecule has 1 aliphatic rings. The summed E-state index contributed by atoms with van der Waals surface area (Å²) in [5.41, 5.74) is 4.52. The number of nitrogens with one attached hydrogen (secondary N) is 1. The number of carboxylic acids is 1. The van der Waals surface area contributed by atoms with Gasteiger partial charge in [-0.2, -0.15) is 0 Å². The molecule has 7 nitrogen and oxygen atoms in total. The smallest absolute Gasteiger partial charge is 0.407 e. The van der Waals surface area contributed by atoms with E-state index < -0.39 is 18.1 Å². The number of hydrogen-bond acceptors (Lipinski definition) is 4. The second-order valence-electron chi connectivity index (χ2n) is 8.25. The van der Waals surface area contributed by atoms with Gasteiger partial charge >= 0.3 is 12.1 Å². The molecule has 1 atom stereocenters. The van der Waals surface area contributed by atoms with E-state index in [1.165, 1.54) is 4.90 Å². The maximum atomic E-state index is 12.9. The molecule has 2 N–H and O–H groups in total. The van der Waals surface area contributed by atoms with Crippen molar-refractivity contribution in [2.45, 2.75) is 39.2 Å². The number of carboxylic acid groups (broad SMARTS) is 1. The fraction of sp³-hybridized carbons (Fsp3) is 0.400. The van der Waals surface area contributed by atoms with Crippen molar-refractivity contribution in [1.29, 1.82) is 0 Å². The summed E-state index contributed by atoms with van der Waals surface area (Å²) >= 11 is 0. The zero-order valence-electron chi connectivity index (χ0n) is 18.7. The van der Waals surface area contributed by atoms with Crippen molar-refractivity contribution in [2.24, 2.45) is 5.92 Å². The number of amides is 2. The third kappa shape index (κ3) is 5.10. The monoisotopic (exact) mass is 438 g/mol. The van der Waals surface area contributed by atoms with Crippen LogP contribution in [0, 0.1) is 5.92 Å². The third-order valence-electron chi connectivity index (χ3n) is 5.84. The summed E-state index contributed by atoms with van der Waals surface area (Å²) in [4.78, 5) is 37.9. The predicted octanol–water partition coefficient (Wildman–Crippen LogP) is 3.87. The number of aliphatic carboxylic acids is 1. The van der Waals surface area contributed by atoms with Crippen LogP contribution in [-0.4, -0.2) is 53.7 Å². The van der Waals surface area contributed by atoms with Crippen LogP contribution in [0.4, 0.5) is 4.79 Å². The number of rotatable bonds is 9. The Morgan fingerprint density at radius 1 is 1.03 bits per heavy atom. The molecule has 0 unspecified atom stereocenters. The summed E-state index contributed by atoms with van der Waals surface area (Å²) < 4.78 is 5.57. The minimum Gasteiger partial charge on any atom is -0.481 e. The highest BCUT2D eigenvalue weighted by Crippen LogP contribution is 2.44. The molecule has 7 heteroatoms. The molecule has 1 aliphatic carbocycles. The van der Waals surface area contributed by atoms with Gasteiger partial charge in [-0.3, -0.25) is 9.59 Å². The van der Waals surface area contributed by atoms with Crippen molar-refractivity contribution in [2.75, 3.05) is 19.7 Å². The van der Waals surface area contributed by atoms with Crippen LogP contribution in [0.1, 0.15) is 44.2 Å². The van der Waals surface area contributed by atoms with E-state index in [1.54, 1.807) is 6.92 Å². The van der Waals surface area contributed by atoms with Crippen LogP contribution in [0.3, 0.4) is 0 Å². The molecule has 0 aromatic heterocycles. The van der Waals surface area contributed by atoms with E-state index in [2.05, 4.69) is 17.4 Å². The first-order valence-electron chi connectivity index (χ1n) is 11.0. The minimum atomic E-state index is -0.971. The lowest BCUT2D eigenvalue weighted by Crippen LogP contribution is -2.51. The molecule has 0 aliphatic heterocycles. The molecule has 170 valence electrons. The molecule has 32 heavy (non-hydrogen) atoms. The highest BCUT2D eigenvalue weighted by Gasteiger charge is 2.31. The Balaban J connectivity index is 1.66. The predicted molar refractivity (Wildman–Crippen MR) is 121 cm³/mol. The van der Waals surface area contributed by atoms with Gasteiger partial charge in [0.05, 0.1) is 6.42 Å². The molecule has 2 amide bonds. The van der Waals surface area contributed by atoms with Gasteiger partial charge in [-0.05, 0) is 35.1 Å². The first kappa shape index (κ1) is 23.3. The van der Waals surface area contributed by atoms with Crippen LogP contribution in [0.2, 0.25) is 0 Å². The molecule has 0 saturated heterocycles. The molecule has 2 aromatic rings. The first-order valence-corrected chi connectivity index (χ1v) is 11.0. The number of carbonyl (C=O) groups is 3. The van der Waals surface area contributed by atoms with E-state index in [9.17, 15) is 14.4 Å². The topological polar surface area (TPSA) is 95.9 Å². The Labute approximate surface area is 188 Å². The highest BCUT2D eigenvalue weighted by molar-refractivity contribution is 5.86. The van der Waals surface area contributed by atoms with E-state index in [-0.39, 0.29) is 37.3 Å². The van der Waals surface area contributed by atoms with E-state index in [0.717, 1.165) is 22.3 Å². The van der Waals surface area contributed by atoms with Gasteiger partial charge < -0.3 is 20.1 Å². The maximum absolute atomic E-state index is 12.9. The Bertz CT molecular complexity index is 942. The Morgan fingerprint density at radius 2 is 1.59 bits per heavy atom. The van der Waals surface area contributed by atoms with Crippen LogP contribution < -0.4 is 5.32 Å². The molecule has 0 spiro atoms. The van der Waals surface area contributed by atoms with Gasteiger partial charge in [0, 0.05) is 19.0 Å². The SMILES string of the molecule is CCN(CCC(=O)O)C(=O)[C@H](NC(=O)OCC1c2ccccc2-c2ccccc21)C(C)C. The van der Waals surface area contributed by atoms with Crippen LogP contribution in [0.25, 0.3) is 11.1 Å². The number of nitrogens with zero attached hydrogens (tertiary/aromatic N) is 1. The number of fused-ring (bicyclic) bond motifs is 3. The lowest BCUT2D eigenvalue weighted by molar-refractivity contribution is -0.139. The van der Waals surface area contributed by atoms with Gasteiger partial charge in [-0.1, -0.05) is 62.4 Å². The van der Waals surface area contributed by atoms with Gasteiger partial charge in [0.1, 0.15) is 12.6 Å². The number of carbonyl (C=O) groups excluding carboxylic acids is 2. The molecule has 2 aromatic carbocycles. The Morgan fingerprint density at radius 3 is 2.09 bits per heavy atom. The quantitative estimate of drug-likeness (QED) is 0.620. The zero-order chi connectivity index (χ0) is 23.3. The fourth-order valence-electron chi connectivity index (χ4n) is 4.13. The van der Waals surface area contributed by atoms with Gasteiger partial charge in [-0.15, -0.1) is 0 Å². The molecular weight excluding hydrogens is 408 g/mol. The number of alkyl carbamates (subject to hydrolysis) is 1. The molecule has 0 saturated carbocycles.